The molecule has 106 valence electrons. The molecule has 19 heavy (non-hydrogen) atoms. The van der Waals surface area contributed by atoms with E-state index in [9.17, 15) is 9.59 Å². The Labute approximate surface area is 113 Å². The summed E-state index contributed by atoms with van der Waals surface area (Å²) in [5.41, 5.74) is 0.595. The van der Waals surface area contributed by atoms with Crippen molar-refractivity contribution in [1.29, 1.82) is 0 Å². The number of carbonyl (C=O) groups excluding carboxylic acids is 2. The maximum absolute atomic E-state index is 11.3. The van der Waals surface area contributed by atoms with E-state index in [1.807, 2.05) is 13.8 Å². The van der Waals surface area contributed by atoms with Gasteiger partial charge in [0.15, 0.2) is 0 Å². The quantitative estimate of drug-likeness (QED) is 0.538. The predicted octanol–water partition coefficient (Wildman–Crippen LogP) is 1.43. The van der Waals surface area contributed by atoms with E-state index in [1.54, 1.807) is 19.1 Å². The fraction of sp³-hybridized carbons (Fsp3) is 0.571. The fourth-order valence-electron chi connectivity index (χ4n) is 2.12. The average Bonchev–Trinajstić information content (AvgIpc) is 2.37. The van der Waals surface area contributed by atoms with Gasteiger partial charge in [0.2, 0.25) is 0 Å². The van der Waals surface area contributed by atoms with Crippen LogP contribution in [0.15, 0.2) is 23.3 Å². The Bertz CT molecular complexity index is 410. The zero-order chi connectivity index (χ0) is 14.5. The highest BCUT2D eigenvalue weighted by molar-refractivity contribution is 5.79. The van der Waals surface area contributed by atoms with E-state index >= 15 is 0 Å². The fourth-order valence-corrected chi connectivity index (χ4v) is 2.12. The van der Waals surface area contributed by atoms with E-state index in [0.29, 0.717) is 12.2 Å². The standard InChI is InChI=1S/C14H20O5/c1-5-18-12(16)9-19-13-10(2)6-11(8-15)7-14(13,3)17-4/h6-8,13H,5,9H2,1-4H3. The minimum absolute atomic E-state index is 0.146. The van der Waals surface area contributed by atoms with Crippen LogP contribution < -0.4 is 0 Å². The molecule has 5 heteroatoms. The molecule has 0 aliphatic heterocycles. The molecule has 0 N–H and O–H groups in total. The summed E-state index contributed by atoms with van der Waals surface area (Å²) in [5.74, 6) is -0.418. The number of hydrogen-bond donors (Lipinski definition) is 0. The average molecular weight is 268 g/mol. The molecule has 2 atom stereocenters. The van der Waals surface area contributed by atoms with Crippen LogP contribution >= 0.6 is 0 Å². The normalized spacial score (nSPS) is 26.4. The van der Waals surface area contributed by atoms with Crippen LogP contribution in [0.2, 0.25) is 0 Å². The van der Waals surface area contributed by atoms with E-state index in [2.05, 4.69) is 0 Å². The highest BCUT2D eigenvalue weighted by Gasteiger charge is 2.37. The van der Waals surface area contributed by atoms with Crippen LogP contribution in [-0.2, 0) is 23.8 Å². The number of carbonyl (C=O) groups is 2. The number of esters is 1. The third kappa shape index (κ3) is 3.75. The van der Waals surface area contributed by atoms with Gasteiger partial charge in [0, 0.05) is 12.7 Å². The Morgan fingerprint density at radius 2 is 2.21 bits per heavy atom. The van der Waals surface area contributed by atoms with Crippen LogP contribution in [0.3, 0.4) is 0 Å². The first-order valence-electron chi connectivity index (χ1n) is 6.15. The number of methoxy groups -OCH3 is 1. The second-order valence-corrected chi connectivity index (χ2v) is 4.53. The first-order valence-corrected chi connectivity index (χ1v) is 6.15. The predicted molar refractivity (Wildman–Crippen MR) is 69.7 cm³/mol. The molecule has 0 saturated carbocycles. The lowest BCUT2D eigenvalue weighted by Gasteiger charge is -2.37. The number of rotatable bonds is 6. The summed E-state index contributed by atoms with van der Waals surface area (Å²) < 4.78 is 15.8. The van der Waals surface area contributed by atoms with Gasteiger partial charge in [-0.2, -0.15) is 0 Å². The molecule has 0 aromatic rings. The molecule has 1 aliphatic carbocycles. The third-order valence-corrected chi connectivity index (χ3v) is 3.03. The molecule has 0 fully saturated rings. The second-order valence-electron chi connectivity index (χ2n) is 4.53. The highest BCUT2D eigenvalue weighted by atomic mass is 16.6. The molecule has 1 rings (SSSR count). The van der Waals surface area contributed by atoms with Crippen molar-refractivity contribution < 1.29 is 23.8 Å². The van der Waals surface area contributed by atoms with Crippen molar-refractivity contribution >= 4 is 12.3 Å². The lowest BCUT2D eigenvalue weighted by atomic mass is 9.85. The van der Waals surface area contributed by atoms with E-state index in [-0.39, 0.29) is 6.61 Å². The van der Waals surface area contributed by atoms with Crippen LogP contribution in [0.5, 0.6) is 0 Å². The van der Waals surface area contributed by atoms with Crippen molar-refractivity contribution in [3.8, 4) is 0 Å². The van der Waals surface area contributed by atoms with Crippen molar-refractivity contribution in [2.45, 2.75) is 32.5 Å². The van der Waals surface area contributed by atoms with E-state index in [0.717, 1.165) is 11.9 Å². The van der Waals surface area contributed by atoms with Crippen LogP contribution in [0.25, 0.3) is 0 Å². The molecule has 5 nitrogen and oxygen atoms in total. The van der Waals surface area contributed by atoms with Crippen LogP contribution in [0, 0.1) is 0 Å². The third-order valence-electron chi connectivity index (χ3n) is 3.03. The number of hydrogen-bond acceptors (Lipinski definition) is 5. The maximum atomic E-state index is 11.3. The van der Waals surface area contributed by atoms with Gasteiger partial charge in [-0.25, -0.2) is 4.79 Å². The highest BCUT2D eigenvalue weighted by Crippen LogP contribution is 2.31. The first-order chi connectivity index (χ1) is 8.96. The number of aldehydes is 1. The van der Waals surface area contributed by atoms with Crippen molar-refractivity contribution in [3.05, 3.63) is 23.3 Å². The van der Waals surface area contributed by atoms with Gasteiger partial charge in [0.25, 0.3) is 0 Å². The van der Waals surface area contributed by atoms with Crippen molar-refractivity contribution in [2.24, 2.45) is 0 Å². The monoisotopic (exact) mass is 268 g/mol. The van der Waals surface area contributed by atoms with Crippen LogP contribution in [0.4, 0.5) is 0 Å². The summed E-state index contributed by atoms with van der Waals surface area (Å²) in [4.78, 5) is 22.2. The van der Waals surface area contributed by atoms with Gasteiger partial charge in [-0.15, -0.1) is 0 Å². The van der Waals surface area contributed by atoms with Gasteiger partial charge in [0.1, 0.15) is 24.6 Å². The SMILES string of the molecule is CCOC(=O)COC1C(C)=CC(C=O)=CC1(C)OC. The molecule has 0 spiro atoms. The molecule has 0 heterocycles. The molecule has 0 aromatic carbocycles. The van der Waals surface area contributed by atoms with Gasteiger partial charge in [-0.3, -0.25) is 4.79 Å². The Balaban J connectivity index is 2.81. The second kappa shape index (κ2) is 6.63. The molecule has 0 amide bonds. The topological polar surface area (TPSA) is 61.8 Å². The molecule has 2 unspecified atom stereocenters. The molecule has 1 aliphatic rings. The zero-order valence-corrected chi connectivity index (χ0v) is 11.8. The van der Waals surface area contributed by atoms with E-state index in [4.69, 9.17) is 14.2 Å². The van der Waals surface area contributed by atoms with Crippen molar-refractivity contribution in [2.75, 3.05) is 20.3 Å². The Morgan fingerprint density at radius 1 is 1.53 bits per heavy atom. The van der Waals surface area contributed by atoms with E-state index in [1.165, 1.54) is 7.11 Å². The molecular formula is C14H20O5. The summed E-state index contributed by atoms with van der Waals surface area (Å²) >= 11 is 0. The molecule has 0 radical (unpaired) electrons. The maximum Gasteiger partial charge on any atom is 0.332 e. The van der Waals surface area contributed by atoms with E-state index < -0.39 is 17.7 Å². The summed E-state index contributed by atoms with van der Waals surface area (Å²) in [7, 11) is 1.54. The Hall–Kier alpha value is -1.46. The summed E-state index contributed by atoms with van der Waals surface area (Å²) in [6.45, 7) is 5.56. The van der Waals surface area contributed by atoms with Gasteiger partial charge in [-0.1, -0.05) is 6.08 Å². The van der Waals surface area contributed by atoms with Crippen molar-refractivity contribution in [1.82, 2.24) is 0 Å². The summed E-state index contributed by atoms with van der Waals surface area (Å²) in [6.07, 6.45) is 3.76. The Kier molecular flexibility index (Phi) is 5.44. The van der Waals surface area contributed by atoms with Gasteiger partial charge in [-0.05, 0) is 32.4 Å². The van der Waals surface area contributed by atoms with Crippen LogP contribution in [0.1, 0.15) is 20.8 Å². The number of allylic oxidation sites excluding steroid dienone is 2. The number of ether oxygens (including phenoxy) is 3. The molecular weight excluding hydrogens is 248 g/mol. The summed E-state index contributed by atoms with van der Waals surface area (Å²) in [5, 5.41) is 0. The Morgan fingerprint density at radius 3 is 2.74 bits per heavy atom. The lowest BCUT2D eigenvalue weighted by molar-refractivity contribution is -0.154. The van der Waals surface area contributed by atoms with Gasteiger partial charge < -0.3 is 14.2 Å². The lowest BCUT2D eigenvalue weighted by Crippen LogP contribution is -2.45. The molecule has 0 aromatic heterocycles. The molecule has 0 bridgehead atoms. The van der Waals surface area contributed by atoms with Crippen LogP contribution in [-0.4, -0.2) is 44.3 Å². The summed E-state index contributed by atoms with van der Waals surface area (Å²) in [6, 6.07) is 0. The zero-order valence-electron chi connectivity index (χ0n) is 11.8. The van der Waals surface area contributed by atoms with Crippen molar-refractivity contribution in [3.63, 3.8) is 0 Å². The van der Waals surface area contributed by atoms with Gasteiger partial charge >= 0.3 is 5.97 Å². The largest absolute Gasteiger partial charge is 0.464 e. The minimum atomic E-state index is -0.776. The minimum Gasteiger partial charge on any atom is -0.464 e. The smallest absolute Gasteiger partial charge is 0.332 e. The van der Waals surface area contributed by atoms with Gasteiger partial charge in [0.05, 0.1) is 6.61 Å². The first kappa shape index (κ1) is 15.6. The molecule has 0 saturated heterocycles.